The number of nitrogens with zero attached hydrogens (tertiary/aromatic N) is 2. The SMILES string of the molecule is CC(C)(C)c1ccc(COc2ncnc3scc(-c4ccc(F)cc4)c23)cc1. The molecule has 0 spiro atoms. The second-order valence-electron chi connectivity index (χ2n) is 7.75. The zero-order valence-electron chi connectivity index (χ0n) is 16.1. The van der Waals surface area contributed by atoms with E-state index in [0.29, 0.717) is 12.5 Å². The van der Waals surface area contributed by atoms with E-state index in [4.69, 9.17) is 4.74 Å². The Morgan fingerprint density at radius 3 is 2.36 bits per heavy atom. The van der Waals surface area contributed by atoms with Crippen LogP contribution in [-0.2, 0) is 12.0 Å². The van der Waals surface area contributed by atoms with Crippen molar-refractivity contribution >= 4 is 21.6 Å². The van der Waals surface area contributed by atoms with Gasteiger partial charge < -0.3 is 4.74 Å². The van der Waals surface area contributed by atoms with Crippen LogP contribution in [0.4, 0.5) is 4.39 Å². The molecule has 0 unspecified atom stereocenters. The summed E-state index contributed by atoms with van der Waals surface area (Å²) in [5, 5.41) is 2.88. The molecule has 0 radical (unpaired) electrons. The molecular weight excluding hydrogens is 371 g/mol. The number of halogens is 1. The van der Waals surface area contributed by atoms with Gasteiger partial charge in [0.1, 0.15) is 23.6 Å². The summed E-state index contributed by atoms with van der Waals surface area (Å²) in [7, 11) is 0. The fourth-order valence-electron chi connectivity index (χ4n) is 3.05. The molecule has 2 aromatic heterocycles. The van der Waals surface area contributed by atoms with Gasteiger partial charge in [-0.05, 0) is 34.2 Å². The number of hydrogen-bond donors (Lipinski definition) is 0. The molecule has 0 bridgehead atoms. The van der Waals surface area contributed by atoms with Crippen LogP contribution < -0.4 is 4.74 Å². The average Bonchev–Trinajstić information content (AvgIpc) is 3.11. The summed E-state index contributed by atoms with van der Waals surface area (Å²) in [5.74, 6) is 0.292. The van der Waals surface area contributed by atoms with Crippen LogP contribution >= 0.6 is 11.3 Å². The Morgan fingerprint density at radius 1 is 0.964 bits per heavy atom. The third-order valence-corrected chi connectivity index (χ3v) is 5.57. The Hall–Kier alpha value is -2.79. The minimum absolute atomic E-state index is 0.124. The topological polar surface area (TPSA) is 35.0 Å². The van der Waals surface area contributed by atoms with E-state index >= 15 is 0 Å². The Bertz CT molecular complexity index is 1100. The van der Waals surface area contributed by atoms with E-state index in [1.54, 1.807) is 12.1 Å². The highest BCUT2D eigenvalue weighted by Crippen LogP contribution is 2.37. The predicted molar refractivity (Wildman–Crippen MR) is 112 cm³/mol. The van der Waals surface area contributed by atoms with Gasteiger partial charge in [0.15, 0.2) is 0 Å². The molecule has 0 aliphatic carbocycles. The first kappa shape index (κ1) is 18.6. The summed E-state index contributed by atoms with van der Waals surface area (Å²) < 4.78 is 19.3. The van der Waals surface area contributed by atoms with Crippen molar-refractivity contribution in [1.82, 2.24) is 9.97 Å². The van der Waals surface area contributed by atoms with Gasteiger partial charge in [0.2, 0.25) is 5.88 Å². The molecule has 2 heterocycles. The van der Waals surface area contributed by atoms with E-state index in [2.05, 4.69) is 55.0 Å². The van der Waals surface area contributed by atoms with Crippen LogP contribution in [0.5, 0.6) is 5.88 Å². The van der Waals surface area contributed by atoms with Gasteiger partial charge in [0.25, 0.3) is 0 Å². The Balaban J connectivity index is 1.62. The number of thiophene rings is 1. The minimum atomic E-state index is -0.255. The normalized spacial score (nSPS) is 11.7. The van der Waals surface area contributed by atoms with Gasteiger partial charge in [-0.2, -0.15) is 0 Å². The highest BCUT2D eigenvalue weighted by Gasteiger charge is 2.15. The maximum Gasteiger partial charge on any atom is 0.226 e. The summed E-state index contributed by atoms with van der Waals surface area (Å²) in [6.07, 6.45) is 1.52. The lowest BCUT2D eigenvalue weighted by Crippen LogP contribution is -2.10. The second kappa shape index (κ2) is 7.32. The van der Waals surface area contributed by atoms with Gasteiger partial charge in [0, 0.05) is 10.9 Å². The lowest BCUT2D eigenvalue weighted by molar-refractivity contribution is 0.297. The molecule has 0 saturated carbocycles. The van der Waals surface area contributed by atoms with E-state index in [0.717, 1.165) is 26.9 Å². The van der Waals surface area contributed by atoms with Crippen LogP contribution in [0, 0.1) is 5.82 Å². The number of ether oxygens (including phenoxy) is 1. The van der Waals surface area contributed by atoms with Gasteiger partial charge >= 0.3 is 0 Å². The van der Waals surface area contributed by atoms with Crippen molar-refractivity contribution in [3.63, 3.8) is 0 Å². The Kier molecular flexibility index (Phi) is 4.85. The van der Waals surface area contributed by atoms with E-state index in [9.17, 15) is 4.39 Å². The van der Waals surface area contributed by atoms with Crippen molar-refractivity contribution in [3.05, 3.63) is 77.2 Å². The Morgan fingerprint density at radius 2 is 1.68 bits per heavy atom. The number of hydrogen-bond acceptors (Lipinski definition) is 4. The predicted octanol–water partition coefficient (Wildman–Crippen LogP) is 6.37. The summed E-state index contributed by atoms with van der Waals surface area (Å²) in [5.41, 5.74) is 4.37. The van der Waals surface area contributed by atoms with Gasteiger partial charge in [-0.3, -0.25) is 0 Å². The standard InChI is InChI=1S/C23H21FN2OS/c1-23(2,3)17-8-4-15(5-9-17)12-27-21-20-19(13-28-22(20)26-14-25-21)16-6-10-18(24)11-7-16/h4-11,13-14H,12H2,1-3H3. The first-order valence-electron chi connectivity index (χ1n) is 9.12. The highest BCUT2D eigenvalue weighted by molar-refractivity contribution is 7.17. The van der Waals surface area contributed by atoms with Crippen molar-refractivity contribution in [2.45, 2.75) is 32.8 Å². The van der Waals surface area contributed by atoms with E-state index in [-0.39, 0.29) is 11.2 Å². The lowest BCUT2D eigenvalue weighted by atomic mass is 9.87. The molecular formula is C23H21FN2OS. The highest BCUT2D eigenvalue weighted by atomic mass is 32.1. The molecule has 4 rings (SSSR count). The zero-order valence-corrected chi connectivity index (χ0v) is 16.9. The van der Waals surface area contributed by atoms with Gasteiger partial charge in [-0.15, -0.1) is 11.3 Å². The molecule has 28 heavy (non-hydrogen) atoms. The lowest BCUT2D eigenvalue weighted by Gasteiger charge is -2.19. The molecule has 4 aromatic rings. The third kappa shape index (κ3) is 3.76. The molecule has 5 heteroatoms. The van der Waals surface area contributed by atoms with Gasteiger partial charge in [0.05, 0.1) is 5.39 Å². The monoisotopic (exact) mass is 392 g/mol. The summed E-state index contributed by atoms with van der Waals surface area (Å²) >= 11 is 1.53. The number of rotatable bonds is 4. The summed E-state index contributed by atoms with van der Waals surface area (Å²) in [6.45, 7) is 7.02. The van der Waals surface area contributed by atoms with Crippen LogP contribution in [0.2, 0.25) is 0 Å². The van der Waals surface area contributed by atoms with E-state index in [1.165, 1.54) is 35.4 Å². The van der Waals surface area contributed by atoms with Crippen molar-refractivity contribution < 1.29 is 9.13 Å². The van der Waals surface area contributed by atoms with Gasteiger partial charge in [-0.1, -0.05) is 57.2 Å². The summed E-state index contributed by atoms with van der Waals surface area (Å²) in [4.78, 5) is 9.56. The van der Waals surface area contributed by atoms with Crippen molar-refractivity contribution in [3.8, 4) is 17.0 Å². The van der Waals surface area contributed by atoms with Crippen LogP contribution in [0.25, 0.3) is 21.3 Å². The van der Waals surface area contributed by atoms with Crippen molar-refractivity contribution in [2.24, 2.45) is 0 Å². The Labute approximate surface area is 167 Å². The first-order chi connectivity index (χ1) is 13.4. The molecule has 0 N–H and O–H groups in total. The number of benzene rings is 2. The largest absolute Gasteiger partial charge is 0.472 e. The average molecular weight is 392 g/mol. The molecule has 2 aromatic carbocycles. The van der Waals surface area contributed by atoms with E-state index in [1.807, 2.05) is 5.38 Å². The zero-order chi connectivity index (χ0) is 19.7. The maximum absolute atomic E-state index is 13.3. The molecule has 0 aliphatic rings. The quantitative estimate of drug-likeness (QED) is 0.404. The first-order valence-corrected chi connectivity index (χ1v) is 10.00. The van der Waals surface area contributed by atoms with Crippen LogP contribution in [-0.4, -0.2) is 9.97 Å². The summed E-state index contributed by atoms with van der Waals surface area (Å²) in [6, 6.07) is 14.9. The van der Waals surface area contributed by atoms with Crippen molar-refractivity contribution in [2.75, 3.05) is 0 Å². The molecule has 0 saturated heterocycles. The number of fused-ring (bicyclic) bond motifs is 1. The van der Waals surface area contributed by atoms with E-state index < -0.39 is 0 Å². The molecule has 3 nitrogen and oxygen atoms in total. The molecule has 0 amide bonds. The smallest absolute Gasteiger partial charge is 0.226 e. The van der Waals surface area contributed by atoms with Crippen LogP contribution in [0.15, 0.2) is 60.2 Å². The third-order valence-electron chi connectivity index (χ3n) is 4.69. The fraction of sp³-hybridized carbons (Fsp3) is 0.217. The van der Waals surface area contributed by atoms with Gasteiger partial charge in [-0.25, -0.2) is 14.4 Å². The second-order valence-corrected chi connectivity index (χ2v) is 8.61. The molecule has 142 valence electrons. The molecule has 0 atom stereocenters. The molecule has 0 fully saturated rings. The fourth-order valence-corrected chi connectivity index (χ4v) is 3.96. The minimum Gasteiger partial charge on any atom is -0.472 e. The number of aromatic nitrogens is 2. The van der Waals surface area contributed by atoms with Crippen molar-refractivity contribution in [1.29, 1.82) is 0 Å². The maximum atomic E-state index is 13.3. The molecule has 0 aliphatic heterocycles. The van der Waals surface area contributed by atoms with Crippen LogP contribution in [0.3, 0.4) is 0 Å². The van der Waals surface area contributed by atoms with Crippen LogP contribution in [0.1, 0.15) is 31.9 Å².